The lowest BCUT2D eigenvalue weighted by molar-refractivity contribution is 0.0734. The molecule has 1 N–H and O–H groups in total. The van der Waals surface area contributed by atoms with E-state index >= 15 is 0 Å². The second-order valence-corrected chi connectivity index (χ2v) is 8.96. The number of ether oxygens (including phenoxy) is 2. The maximum absolute atomic E-state index is 12.4. The van der Waals surface area contributed by atoms with Crippen LogP contribution in [0.4, 0.5) is 5.69 Å². The van der Waals surface area contributed by atoms with Crippen molar-refractivity contribution in [3.05, 3.63) is 132 Å². The summed E-state index contributed by atoms with van der Waals surface area (Å²) in [5, 5.41) is 3.76. The number of fused-ring (bicyclic) bond motifs is 3. The fourth-order valence-electron chi connectivity index (χ4n) is 5.07. The van der Waals surface area contributed by atoms with Gasteiger partial charge in [-0.05, 0) is 78.1 Å². The van der Waals surface area contributed by atoms with Crippen LogP contribution in [0.1, 0.15) is 39.9 Å². The van der Waals surface area contributed by atoms with Crippen molar-refractivity contribution in [3.63, 3.8) is 0 Å². The van der Waals surface area contributed by atoms with Crippen molar-refractivity contribution in [2.45, 2.75) is 18.4 Å². The predicted molar refractivity (Wildman–Crippen MR) is 137 cm³/mol. The first kappa shape index (κ1) is 21.2. The zero-order valence-electron chi connectivity index (χ0n) is 19.1. The van der Waals surface area contributed by atoms with Gasteiger partial charge in [0.15, 0.2) is 0 Å². The summed E-state index contributed by atoms with van der Waals surface area (Å²) in [6.45, 7) is 0. The molecule has 0 saturated heterocycles. The van der Waals surface area contributed by atoms with E-state index in [1.54, 1.807) is 12.1 Å². The van der Waals surface area contributed by atoms with Crippen LogP contribution in [0.2, 0.25) is 0 Å². The number of benzene rings is 4. The third kappa shape index (κ3) is 4.31. The van der Waals surface area contributed by atoms with Crippen LogP contribution < -0.4 is 14.8 Å². The topological polar surface area (TPSA) is 47.6 Å². The number of hydrogen-bond acceptors (Lipinski definition) is 4. The van der Waals surface area contributed by atoms with Crippen molar-refractivity contribution in [2.75, 3.05) is 5.32 Å². The Morgan fingerprint density at radius 3 is 2.26 bits per heavy atom. The zero-order valence-corrected chi connectivity index (χ0v) is 19.1. The molecule has 0 saturated carbocycles. The van der Waals surface area contributed by atoms with Gasteiger partial charge in [0.1, 0.15) is 17.2 Å². The molecule has 0 aromatic heterocycles. The van der Waals surface area contributed by atoms with Gasteiger partial charge in [0.05, 0.1) is 11.6 Å². The molecule has 6 rings (SSSR count). The lowest BCUT2D eigenvalue weighted by Crippen LogP contribution is -2.29. The summed E-state index contributed by atoms with van der Waals surface area (Å²) in [5.74, 6) is 2.61. The molecule has 0 amide bonds. The van der Waals surface area contributed by atoms with Gasteiger partial charge in [-0.2, -0.15) is 0 Å². The zero-order chi connectivity index (χ0) is 23.6. The number of allylic oxidation sites excluding steroid dienone is 2. The van der Waals surface area contributed by atoms with Gasteiger partial charge in [0.25, 0.3) is 0 Å². The third-order valence-corrected chi connectivity index (χ3v) is 6.77. The molecule has 2 aliphatic rings. The number of carbonyl (C=O) groups is 1. The van der Waals surface area contributed by atoms with E-state index in [0.717, 1.165) is 23.6 Å². The van der Waals surface area contributed by atoms with E-state index in [1.165, 1.54) is 11.1 Å². The van der Waals surface area contributed by atoms with E-state index in [9.17, 15) is 4.79 Å². The quantitative estimate of drug-likeness (QED) is 0.190. The summed E-state index contributed by atoms with van der Waals surface area (Å²) in [6.07, 6.45) is 5.61. The van der Waals surface area contributed by atoms with Gasteiger partial charge in [-0.15, -0.1) is 0 Å². The monoisotopic (exact) mass is 459 g/mol. The fourth-order valence-corrected chi connectivity index (χ4v) is 5.07. The summed E-state index contributed by atoms with van der Waals surface area (Å²) in [7, 11) is 0. The van der Waals surface area contributed by atoms with E-state index in [2.05, 4.69) is 41.7 Å². The maximum Gasteiger partial charge on any atom is 0.343 e. The Labute approximate surface area is 204 Å². The summed E-state index contributed by atoms with van der Waals surface area (Å²) < 4.78 is 11.6. The van der Waals surface area contributed by atoms with E-state index in [4.69, 9.17) is 9.47 Å². The van der Waals surface area contributed by atoms with E-state index in [0.29, 0.717) is 23.1 Å². The van der Waals surface area contributed by atoms with Crippen molar-refractivity contribution < 1.29 is 14.3 Å². The predicted octanol–water partition coefficient (Wildman–Crippen LogP) is 7.52. The Morgan fingerprint density at radius 1 is 0.771 bits per heavy atom. The highest BCUT2D eigenvalue weighted by Gasteiger charge is 2.38. The molecule has 3 atom stereocenters. The van der Waals surface area contributed by atoms with E-state index < -0.39 is 0 Å². The van der Waals surface area contributed by atoms with Gasteiger partial charge >= 0.3 is 5.97 Å². The molecule has 4 aromatic carbocycles. The molecule has 0 radical (unpaired) electrons. The van der Waals surface area contributed by atoms with Crippen molar-refractivity contribution in [1.82, 2.24) is 0 Å². The molecule has 35 heavy (non-hydrogen) atoms. The van der Waals surface area contributed by atoms with Gasteiger partial charge in [-0.1, -0.05) is 60.7 Å². The Hall–Kier alpha value is -4.31. The Morgan fingerprint density at radius 2 is 1.49 bits per heavy atom. The third-order valence-electron chi connectivity index (χ3n) is 6.77. The number of carbonyl (C=O) groups excluding carboxylic acids is 1. The first-order valence-corrected chi connectivity index (χ1v) is 11.9. The Kier molecular flexibility index (Phi) is 5.55. The lowest BCUT2D eigenvalue weighted by atomic mass is 9.77. The summed E-state index contributed by atoms with van der Waals surface area (Å²) in [4.78, 5) is 12.4. The number of nitrogens with one attached hydrogen (secondary N) is 1. The highest BCUT2D eigenvalue weighted by atomic mass is 16.5. The molecular weight excluding hydrogens is 434 g/mol. The minimum Gasteiger partial charge on any atom is -0.457 e. The van der Waals surface area contributed by atoms with Gasteiger partial charge < -0.3 is 14.8 Å². The summed E-state index contributed by atoms with van der Waals surface area (Å²) >= 11 is 0. The summed E-state index contributed by atoms with van der Waals surface area (Å²) in [5.41, 5.74) is 4.11. The minimum absolute atomic E-state index is 0.169. The standard InChI is InChI=1S/C31H25NO3/c33-31(22-8-3-1-4-9-22)35-24-16-14-21(15-17-24)30-27-13-7-12-26(27)28-20-25(18-19-29(28)32-30)34-23-10-5-2-6-11-23/h1-12,14-20,26-27,30,32H,13H2/t26-,27+,30+/m1/s1. The second-order valence-electron chi connectivity index (χ2n) is 8.96. The molecule has 0 spiro atoms. The highest BCUT2D eigenvalue weighted by molar-refractivity contribution is 5.90. The van der Waals surface area contributed by atoms with Gasteiger partial charge in [-0.3, -0.25) is 0 Å². The number of rotatable bonds is 5. The molecule has 4 heteroatoms. The van der Waals surface area contributed by atoms with Crippen molar-refractivity contribution in [3.8, 4) is 17.2 Å². The molecule has 4 nitrogen and oxygen atoms in total. The molecule has 1 aliphatic carbocycles. The minimum atomic E-state index is -0.350. The van der Waals surface area contributed by atoms with Crippen LogP contribution in [0.15, 0.2) is 115 Å². The molecule has 0 unspecified atom stereocenters. The van der Waals surface area contributed by atoms with E-state index in [-0.39, 0.29) is 12.0 Å². The van der Waals surface area contributed by atoms with Crippen LogP contribution in [0, 0.1) is 5.92 Å². The first-order chi connectivity index (χ1) is 17.2. The van der Waals surface area contributed by atoms with Crippen LogP contribution >= 0.6 is 0 Å². The first-order valence-electron chi connectivity index (χ1n) is 11.9. The fraction of sp³-hybridized carbons (Fsp3) is 0.129. The average Bonchev–Trinajstić information content (AvgIpc) is 3.40. The van der Waals surface area contributed by atoms with Crippen LogP contribution in [-0.4, -0.2) is 5.97 Å². The molecule has 0 fully saturated rings. The Bertz CT molecular complexity index is 1360. The van der Waals surface area contributed by atoms with Crippen molar-refractivity contribution in [1.29, 1.82) is 0 Å². The molecule has 0 bridgehead atoms. The number of esters is 1. The van der Waals surface area contributed by atoms with E-state index in [1.807, 2.05) is 66.7 Å². The summed E-state index contributed by atoms with van der Waals surface area (Å²) in [6, 6.07) is 33.2. The van der Waals surface area contributed by atoms with Crippen molar-refractivity contribution in [2.24, 2.45) is 5.92 Å². The molecular formula is C31H25NO3. The van der Waals surface area contributed by atoms with Crippen LogP contribution in [0.25, 0.3) is 0 Å². The smallest absolute Gasteiger partial charge is 0.343 e. The molecule has 172 valence electrons. The van der Waals surface area contributed by atoms with Gasteiger partial charge in [-0.25, -0.2) is 4.79 Å². The van der Waals surface area contributed by atoms with Crippen LogP contribution in [-0.2, 0) is 0 Å². The maximum atomic E-state index is 12.4. The SMILES string of the molecule is O=C(Oc1ccc([C@@H]2Nc3ccc(Oc4ccccc4)cc3[C@@H]3C=CC[C@@H]32)cc1)c1ccccc1. The average molecular weight is 460 g/mol. The number of hydrogen-bond donors (Lipinski definition) is 1. The highest BCUT2D eigenvalue weighted by Crippen LogP contribution is 2.50. The number of anilines is 1. The second kappa shape index (κ2) is 9.15. The largest absolute Gasteiger partial charge is 0.457 e. The van der Waals surface area contributed by atoms with Gasteiger partial charge in [0, 0.05) is 11.6 Å². The van der Waals surface area contributed by atoms with Crippen LogP contribution in [0.5, 0.6) is 17.2 Å². The Balaban J connectivity index is 1.21. The number of para-hydroxylation sites is 1. The van der Waals surface area contributed by atoms with Crippen molar-refractivity contribution >= 4 is 11.7 Å². The molecule has 1 heterocycles. The molecule has 4 aromatic rings. The molecule has 1 aliphatic heterocycles. The van der Waals surface area contributed by atoms with Gasteiger partial charge in [0.2, 0.25) is 0 Å². The lowest BCUT2D eigenvalue weighted by Gasteiger charge is -2.37. The van der Waals surface area contributed by atoms with Crippen LogP contribution in [0.3, 0.4) is 0 Å². The normalized spacial score (nSPS) is 19.8.